The molecule has 5 heteroatoms. The molecular formula is C16H28N4O. The minimum atomic E-state index is -0.384. The molecular weight excluding hydrogens is 264 g/mol. The summed E-state index contributed by atoms with van der Waals surface area (Å²) in [6.07, 6.45) is 7.16. The number of nitrogens with one attached hydrogen (secondary N) is 1. The average Bonchev–Trinajstić information content (AvgIpc) is 2.71. The van der Waals surface area contributed by atoms with Crippen LogP contribution in [0.3, 0.4) is 0 Å². The van der Waals surface area contributed by atoms with Gasteiger partial charge in [0.15, 0.2) is 0 Å². The fourth-order valence-corrected chi connectivity index (χ4v) is 3.27. The number of nitrogens with two attached hydrogens (primary N) is 1. The van der Waals surface area contributed by atoms with E-state index in [1.807, 2.05) is 25.6 Å². The first-order valence-electron chi connectivity index (χ1n) is 8.01. The van der Waals surface area contributed by atoms with Crippen LogP contribution in [0.4, 0.5) is 0 Å². The SMILES string of the molecule is Cc1nn(C)c(C)c1CNC(=O)C(N)CC1CCCCC1. The second-order valence-electron chi connectivity index (χ2n) is 6.34. The van der Waals surface area contributed by atoms with Gasteiger partial charge in [-0.3, -0.25) is 9.48 Å². The molecule has 118 valence electrons. The zero-order valence-corrected chi connectivity index (χ0v) is 13.5. The maximum atomic E-state index is 12.2. The van der Waals surface area contributed by atoms with Crippen molar-refractivity contribution in [3.05, 3.63) is 17.0 Å². The molecule has 0 aliphatic heterocycles. The largest absolute Gasteiger partial charge is 0.351 e. The zero-order chi connectivity index (χ0) is 15.4. The summed E-state index contributed by atoms with van der Waals surface area (Å²) in [5.41, 5.74) is 9.21. The minimum absolute atomic E-state index is 0.0387. The number of carbonyl (C=O) groups excluding carboxylic acids is 1. The quantitative estimate of drug-likeness (QED) is 0.871. The molecule has 1 heterocycles. The molecule has 5 nitrogen and oxygen atoms in total. The van der Waals surface area contributed by atoms with Gasteiger partial charge in [-0.15, -0.1) is 0 Å². The molecule has 21 heavy (non-hydrogen) atoms. The van der Waals surface area contributed by atoms with Crippen molar-refractivity contribution in [1.82, 2.24) is 15.1 Å². The lowest BCUT2D eigenvalue weighted by molar-refractivity contribution is -0.123. The Morgan fingerprint density at radius 1 is 1.38 bits per heavy atom. The highest BCUT2D eigenvalue weighted by molar-refractivity contribution is 5.81. The van der Waals surface area contributed by atoms with E-state index in [0.29, 0.717) is 12.5 Å². The van der Waals surface area contributed by atoms with E-state index in [0.717, 1.165) is 23.4 Å². The lowest BCUT2D eigenvalue weighted by atomic mass is 9.85. The molecule has 1 atom stereocenters. The van der Waals surface area contributed by atoms with E-state index in [1.54, 1.807) is 0 Å². The Hall–Kier alpha value is -1.36. The van der Waals surface area contributed by atoms with Crippen LogP contribution < -0.4 is 11.1 Å². The van der Waals surface area contributed by atoms with Gasteiger partial charge < -0.3 is 11.1 Å². The molecule has 1 aromatic heterocycles. The summed E-state index contributed by atoms with van der Waals surface area (Å²) in [6.45, 7) is 4.50. The van der Waals surface area contributed by atoms with E-state index in [-0.39, 0.29) is 11.9 Å². The van der Waals surface area contributed by atoms with E-state index in [2.05, 4.69) is 10.4 Å². The van der Waals surface area contributed by atoms with Gasteiger partial charge in [-0.1, -0.05) is 32.1 Å². The van der Waals surface area contributed by atoms with Gasteiger partial charge >= 0.3 is 0 Å². The molecule has 1 aliphatic carbocycles. The second kappa shape index (κ2) is 7.07. The van der Waals surface area contributed by atoms with Crippen LogP contribution in [-0.2, 0) is 18.4 Å². The van der Waals surface area contributed by atoms with E-state index in [1.165, 1.54) is 32.1 Å². The predicted molar refractivity (Wildman–Crippen MR) is 83.7 cm³/mol. The van der Waals surface area contributed by atoms with Gasteiger partial charge in [-0.25, -0.2) is 0 Å². The predicted octanol–water partition coefficient (Wildman–Crippen LogP) is 1.95. The van der Waals surface area contributed by atoms with Gasteiger partial charge in [0.1, 0.15) is 0 Å². The van der Waals surface area contributed by atoms with Crippen molar-refractivity contribution in [3.63, 3.8) is 0 Å². The van der Waals surface area contributed by atoms with E-state index in [9.17, 15) is 4.79 Å². The first-order valence-corrected chi connectivity index (χ1v) is 8.01. The topological polar surface area (TPSA) is 72.9 Å². The van der Waals surface area contributed by atoms with Gasteiger partial charge in [0, 0.05) is 24.8 Å². The Kier molecular flexibility index (Phi) is 5.39. The maximum absolute atomic E-state index is 12.2. The smallest absolute Gasteiger partial charge is 0.237 e. The number of carbonyl (C=O) groups is 1. The zero-order valence-electron chi connectivity index (χ0n) is 13.5. The summed E-state index contributed by atoms with van der Waals surface area (Å²) < 4.78 is 1.85. The van der Waals surface area contributed by atoms with Crippen molar-refractivity contribution >= 4 is 5.91 Å². The number of aryl methyl sites for hydroxylation is 2. The van der Waals surface area contributed by atoms with E-state index < -0.39 is 0 Å². The number of nitrogens with zero attached hydrogens (tertiary/aromatic N) is 2. The Bertz CT molecular complexity index is 489. The highest BCUT2D eigenvalue weighted by Crippen LogP contribution is 2.27. The number of amides is 1. The van der Waals surface area contributed by atoms with Gasteiger partial charge in [0.05, 0.1) is 11.7 Å². The van der Waals surface area contributed by atoms with Crippen LogP contribution in [-0.4, -0.2) is 21.7 Å². The molecule has 0 aromatic carbocycles. The third-order valence-electron chi connectivity index (χ3n) is 4.75. The molecule has 1 unspecified atom stereocenters. The highest BCUT2D eigenvalue weighted by atomic mass is 16.2. The van der Waals surface area contributed by atoms with Gasteiger partial charge in [0.2, 0.25) is 5.91 Å². The molecule has 3 N–H and O–H groups in total. The van der Waals surface area contributed by atoms with Gasteiger partial charge in [0.25, 0.3) is 0 Å². The molecule has 0 radical (unpaired) electrons. The monoisotopic (exact) mass is 292 g/mol. The summed E-state index contributed by atoms with van der Waals surface area (Å²) in [7, 11) is 1.92. The fourth-order valence-electron chi connectivity index (χ4n) is 3.27. The lowest BCUT2D eigenvalue weighted by Crippen LogP contribution is -2.41. The summed E-state index contributed by atoms with van der Waals surface area (Å²) in [4.78, 5) is 12.2. The van der Waals surface area contributed by atoms with Gasteiger partial charge in [-0.05, 0) is 26.2 Å². The third-order valence-corrected chi connectivity index (χ3v) is 4.75. The van der Waals surface area contributed by atoms with Crippen molar-refractivity contribution < 1.29 is 4.79 Å². The Morgan fingerprint density at radius 3 is 2.62 bits per heavy atom. The van der Waals surface area contributed by atoms with Crippen molar-refractivity contribution in [2.75, 3.05) is 0 Å². The molecule has 1 fully saturated rings. The molecule has 1 saturated carbocycles. The molecule has 1 aliphatic rings. The number of hydrogen-bond acceptors (Lipinski definition) is 3. The minimum Gasteiger partial charge on any atom is -0.351 e. The van der Waals surface area contributed by atoms with Gasteiger partial charge in [-0.2, -0.15) is 5.10 Å². The van der Waals surface area contributed by atoms with Crippen LogP contribution in [0.5, 0.6) is 0 Å². The average molecular weight is 292 g/mol. The van der Waals surface area contributed by atoms with E-state index in [4.69, 9.17) is 5.73 Å². The van der Waals surface area contributed by atoms with Crippen molar-refractivity contribution in [2.45, 2.75) is 65.0 Å². The van der Waals surface area contributed by atoms with Crippen LogP contribution in [0, 0.1) is 19.8 Å². The van der Waals surface area contributed by atoms with Crippen molar-refractivity contribution in [3.8, 4) is 0 Å². The first-order chi connectivity index (χ1) is 9.99. The fraction of sp³-hybridized carbons (Fsp3) is 0.750. The standard InChI is InChI=1S/C16H28N4O/c1-11-14(12(2)20(3)19-11)10-18-16(21)15(17)9-13-7-5-4-6-8-13/h13,15H,4-10,17H2,1-3H3,(H,18,21). The summed E-state index contributed by atoms with van der Waals surface area (Å²) >= 11 is 0. The molecule has 1 aromatic rings. The highest BCUT2D eigenvalue weighted by Gasteiger charge is 2.21. The van der Waals surface area contributed by atoms with E-state index >= 15 is 0 Å². The summed E-state index contributed by atoms with van der Waals surface area (Å²) in [5, 5.41) is 7.33. The van der Waals surface area contributed by atoms with Crippen molar-refractivity contribution in [2.24, 2.45) is 18.7 Å². The number of aromatic nitrogens is 2. The lowest BCUT2D eigenvalue weighted by Gasteiger charge is -2.24. The van der Waals surface area contributed by atoms with Crippen LogP contribution in [0.25, 0.3) is 0 Å². The van der Waals surface area contributed by atoms with Crippen molar-refractivity contribution in [1.29, 1.82) is 0 Å². The number of rotatable bonds is 5. The van der Waals surface area contributed by atoms with Crippen LogP contribution in [0.15, 0.2) is 0 Å². The Morgan fingerprint density at radius 2 is 2.05 bits per heavy atom. The summed E-state index contributed by atoms with van der Waals surface area (Å²) in [5.74, 6) is 0.588. The Labute approximate surface area is 127 Å². The number of hydrogen-bond donors (Lipinski definition) is 2. The van der Waals surface area contributed by atoms with Crippen LogP contribution in [0.1, 0.15) is 55.5 Å². The third kappa shape index (κ3) is 4.06. The molecule has 1 amide bonds. The molecule has 2 rings (SSSR count). The second-order valence-corrected chi connectivity index (χ2v) is 6.34. The molecule has 0 saturated heterocycles. The molecule has 0 bridgehead atoms. The maximum Gasteiger partial charge on any atom is 0.237 e. The van der Waals surface area contributed by atoms with Crippen LogP contribution in [0.2, 0.25) is 0 Å². The molecule has 0 spiro atoms. The summed E-state index contributed by atoms with van der Waals surface area (Å²) in [6, 6.07) is -0.384. The van der Waals surface area contributed by atoms with Crippen LogP contribution >= 0.6 is 0 Å². The first kappa shape index (κ1) is 16.0. The Balaban J connectivity index is 1.83. The normalized spacial score (nSPS) is 17.7.